The number of nitrogens with zero attached hydrogens (tertiary/aromatic N) is 1. The maximum absolute atomic E-state index is 12.0. The summed E-state index contributed by atoms with van der Waals surface area (Å²) in [5.74, 6) is 0.173. The lowest BCUT2D eigenvalue weighted by molar-refractivity contribution is -0.0174. The van der Waals surface area contributed by atoms with Crippen LogP contribution in [0, 0.1) is 12.8 Å². The van der Waals surface area contributed by atoms with Crippen LogP contribution in [-0.4, -0.2) is 30.6 Å². The van der Waals surface area contributed by atoms with Crippen molar-refractivity contribution in [3.05, 3.63) is 75.8 Å². The first-order chi connectivity index (χ1) is 12.4. The van der Waals surface area contributed by atoms with Crippen molar-refractivity contribution >= 4 is 17.7 Å². The molecule has 0 aliphatic heterocycles. The lowest BCUT2D eigenvalue weighted by Crippen LogP contribution is -2.44. The van der Waals surface area contributed by atoms with Gasteiger partial charge in [-0.25, -0.2) is 0 Å². The monoisotopic (exact) mass is 369 g/mol. The third-order valence-corrected chi connectivity index (χ3v) is 5.59. The van der Waals surface area contributed by atoms with E-state index in [1.165, 1.54) is 5.56 Å². The van der Waals surface area contributed by atoms with E-state index in [0.29, 0.717) is 0 Å². The summed E-state index contributed by atoms with van der Waals surface area (Å²) in [6.45, 7) is 2.95. The SMILES string of the molecule is Cc1cccc(C2(O)/C(=C\c3ccc(Cl)cc3)CCCC2CN(C)C)c1. The number of aryl methyl sites for hydroxylation is 1. The molecule has 0 radical (unpaired) electrons. The molecule has 0 bridgehead atoms. The van der Waals surface area contributed by atoms with E-state index < -0.39 is 5.60 Å². The predicted octanol–water partition coefficient (Wildman–Crippen LogP) is 5.28. The van der Waals surface area contributed by atoms with Crippen molar-refractivity contribution in [1.82, 2.24) is 4.90 Å². The molecule has 3 heteroatoms. The van der Waals surface area contributed by atoms with Gasteiger partial charge < -0.3 is 10.0 Å². The molecule has 1 fully saturated rings. The van der Waals surface area contributed by atoms with Gasteiger partial charge in [-0.3, -0.25) is 0 Å². The molecule has 1 saturated carbocycles. The molecule has 0 saturated heterocycles. The van der Waals surface area contributed by atoms with Crippen molar-refractivity contribution in [1.29, 1.82) is 0 Å². The highest BCUT2D eigenvalue weighted by atomic mass is 35.5. The van der Waals surface area contributed by atoms with Crippen molar-refractivity contribution < 1.29 is 5.11 Å². The van der Waals surface area contributed by atoms with Crippen LogP contribution >= 0.6 is 11.6 Å². The number of aliphatic hydroxyl groups is 1. The van der Waals surface area contributed by atoms with Crippen LogP contribution in [0.4, 0.5) is 0 Å². The van der Waals surface area contributed by atoms with Gasteiger partial charge in [0.15, 0.2) is 0 Å². The topological polar surface area (TPSA) is 23.5 Å². The standard InChI is InChI=1S/C23H28ClNO/c1-17-6-4-7-19(14-17)23(26)20(8-5-9-21(23)16-25(2)3)15-18-10-12-22(24)13-11-18/h4,6-7,10-15,21,26H,5,8-9,16H2,1-3H3/b20-15-. The van der Waals surface area contributed by atoms with Crippen LogP contribution in [0.25, 0.3) is 6.08 Å². The van der Waals surface area contributed by atoms with Gasteiger partial charge in [-0.15, -0.1) is 0 Å². The predicted molar refractivity (Wildman–Crippen MR) is 110 cm³/mol. The van der Waals surface area contributed by atoms with Crippen LogP contribution < -0.4 is 0 Å². The van der Waals surface area contributed by atoms with Crippen LogP contribution in [0.5, 0.6) is 0 Å². The highest BCUT2D eigenvalue weighted by Crippen LogP contribution is 2.46. The van der Waals surface area contributed by atoms with E-state index >= 15 is 0 Å². The molecule has 2 aromatic rings. The zero-order valence-corrected chi connectivity index (χ0v) is 16.6. The first kappa shape index (κ1) is 19.2. The highest BCUT2D eigenvalue weighted by molar-refractivity contribution is 6.30. The maximum Gasteiger partial charge on any atom is 0.115 e. The summed E-state index contributed by atoms with van der Waals surface area (Å²) < 4.78 is 0. The average molecular weight is 370 g/mol. The summed E-state index contributed by atoms with van der Waals surface area (Å²) in [4.78, 5) is 2.18. The van der Waals surface area contributed by atoms with E-state index in [0.717, 1.165) is 47.5 Å². The molecule has 26 heavy (non-hydrogen) atoms. The molecule has 138 valence electrons. The molecule has 3 rings (SSSR count). The molecule has 0 aromatic heterocycles. The van der Waals surface area contributed by atoms with Crippen LogP contribution in [0.15, 0.2) is 54.1 Å². The number of hydrogen-bond acceptors (Lipinski definition) is 2. The zero-order valence-electron chi connectivity index (χ0n) is 15.9. The number of benzene rings is 2. The van der Waals surface area contributed by atoms with Gasteiger partial charge in [0, 0.05) is 17.5 Å². The first-order valence-corrected chi connectivity index (χ1v) is 9.68. The van der Waals surface area contributed by atoms with E-state index in [-0.39, 0.29) is 5.92 Å². The maximum atomic E-state index is 12.0. The second kappa shape index (κ2) is 7.96. The summed E-state index contributed by atoms with van der Waals surface area (Å²) in [7, 11) is 4.15. The van der Waals surface area contributed by atoms with Gasteiger partial charge in [-0.2, -0.15) is 0 Å². The van der Waals surface area contributed by atoms with Gasteiger partial charge in [0.25, 0.3) is 0 Å². The molecule has 0 spiro atoms. The molecule has 2 aromatic carbocycles. The van der Waals surface area contributed by atoms with Crippen molar-refractivity contribution in [2.45, 2.75) is 31.8 Å². The van der Waals surface area contributed by atoms with Crippen LogP contribution in [0.2, 0.25) is 5.02 Å². The first-order valence-electron chi connectivity index (χ1n) is 9.30. The fourth-order valence-electron chi connectivity index (χ4n) is 4.11. The molecule has 0 amide bonds. The average Bonchev–Trinajstić information content (AvgIpc) is 2.60. The van der Waals surface area contributed by atoms with E-state index in [2.05, 4.69) is 50.2 Å². The lowest BCUT2D eigenvalue weighted by Gasteiger charge is -2.44. The fraction of sp³-hybridized carbons (Fsp3) is 0.391. The largest absolute Gasteiger partial charge is 0.380 e. The summed E-state index contributed by atoms with van der Waals surface area (Å²) in [5, 5.41) is 12.8. The summed E-state index contributed by atoms with van der Waals surface area (Å²) >= 11 is 6.03. The van der Waals surface area contributed by atoms with Gasteiger partial charge in [-0.1, -0.05) is 59.6 Å². The Labute approximate surface area is 162 Å². The van der Waals surface area contributed by atoms with Crippen LogP contribution in [-0.2, 0) is 5.60 Å². The van der Waals surface area contributed by atoms with E-state index in [1.54, 1.807) is 0 Å². The molecule has 2 nitrogen and oxygen atoms in total. The highest BCUT2D eigenvalue weighted by Gasteiger charge is 2.44. The minimum Gasteiger partial charge on any atom is -0.380 e. The second-order valence-electron chi connectivity index (χ2n) is 7.71. The second-order valence-corrected chi connectivity index (χ2v) is 8.14. The van der Waals surface area contributed by atoms with Crippen LogP contribution in [0.3, 0.4) is 0 Å². The van der Waals surface area contributed by atoms with E-state index in [9.17, 15) is 5.11 Å². The lowest BCUT2D eigenvalue weighted by atomic mass is 9.67. The molecule has 1 aliphatic carbocycles. The quantitative estimate of drug-likeness (QED) is 0.792. The van der Waals surface area contributed by atoms with Crippen molar-refractivity contribution in [2.75, 3.05) is 20.6 Å². The molecule has 0 heterocycles. The molecular formula is C23H28ClNO. The molecule has 2 atom stereocenters. The zero-order chi connectivity index (χ0) is 18.7. The Hall–Kier alpha value is -1.61. The third-order valence-electron chi connectivity index (χ3n) is 5.33. The van der Waals surface area contributed by atoms with Gasteiger partial charge in [-0.05, 0) is 69.1 Å². The van der Waals surface area contributed by atoms with Gasteiger partial charge in [0.05, 0.1) is 0 Å². The number of halogens is 1. The van der Waals surface area contributed by atoms with Crippen LogP contribution in [0.1, 0.15) is 36.0 Å². The minimum absolute atomic E-state index is 0.173. The van der Waals surface area contributed by atoms with Crippen molar-refractivity contribution in [3.63, 3.8) is 0 Å². The summed E-state index contributed by atoms with van der Waals surface area (Å²) in [6.07, 6.45) is 5.20. The normalized spacial score (nSPS) is 25.0. The van der Waals surface area contributed by atoms with Gasteiger partial charge in [0.1, 0.15) is 5.60 Å². The van der Waals surface area contributed by atoms with Gasteiger partial charge >= 0.3 is 0 Å². The Morgan fingerprint density at radius 2 is 1.92 bits per heavy atom. The Morgan fingerprint density at radius 1 is 1.19 bits per heavy atom. The summed E-state index contributed by atoms with van der Waals surface area (Å²) in [5.41, 5.74) is 3.43. The molecular weight excluding hydrogens is 342 g/mol. The van der Waals surface area contributed by atoms with E-state index in [4.69, 9.17) is 11.6 Å². The van der Waals surface area contributed by atoms with Crippen molar-refractivity contribution in [3.8, 4) is 0 Å². The van der Waals surface area contributed by atoms with Crippen molar-refractivity contribution in [2.24, 2.45) is 5.92 Å². The minimum atomic E-state index is -0.936. The van der Waals surface area contributed by atoms with E-state index in [1.807, 2.05) is 30.3 Å². The Bertz CT molecular complexity index is 781. The Balaban J connectivity index is 2.09. The fourth-order valence-corrected chi connectivity index (χ4v) is 4.24. The smallest absolute Gasteiger partial charge is 0.115 e. The molecule has 2 unspecified atom stereocenters. The number of rotatable bonds is 4. The Morgan fingerprint density at radius 3 is 2.58 bits per heavy atom. The molecule has 1 N–H and O–H groups in total. The third kappa shape index (κ3) is 4.03. The van der Waals surface area contributed by atoms with Gasteiger partial charge in [0.2, 0.25) is 0 Å². The number of hydrogen-bond donors (Lipinski definition) is 1. The molecule has 1 aliphatic rings. The Kier molecular flexibility index (Phi) is 5.86. The summed E-state index contributed by atoms with van der Waals surface area (Å²) in [6, 6.07) is 16.2.